The van der Waals surface area contributed by atoms with Crippen molar-refractivity contribution in [3.05, 3.63) is 12.2 Å². The van der Waals surface area contributed by atoms with E-state index in [0.717, 1.165) is 19.3 Å². The summed E-state index contributed by atoms with van der Waals surface area (Å²) in [5, 5.41) is 22.9. The number of nitrogens with one attached hydrogen (secondary N) is 1. The molecule has 0 bridgehead atoms. The summed E-state index contributed by atoms with van der Waals surface area (Å²) in [5.74, 6) is 0.0578. The van der Waals surface area contributed by atoms with Crippen LogP contribution < -0.4 is 5.32 Å². The van der Waals surface area contributed by atoms with Crippen LogP contribution in [0.4, 0.5) is 0 Å². The number of hydrogen-bond donors (Lipinski definition) is 3. The van der Waals surface area contributed by atoms with Crippen LogP contribution in [-0.4, -0.2) is 33.9 Å². The molecule has 2 unspecified atom stereocenters. The number of hydrogen-bond acceptors (Lipinski definition) is 3. The van der Waals surface area contributed by atoms with Crippen LogP contribution >= 0.6 is 0 Å². The zero-order chi connectivity index (χ0) is 22.7. The van der Waals surface area contributed by atoms with Gasteiger partial charge in [-0.05, 0) is 58.8 Å². The molecule has 0 aromatic heterocycles. The van der Waals surface area contributed by atoms with Crippen molar-refractivity contribution in [2.75, 3.05) is 0 Å². The lowest BCUT2D eigenvalue weighted by molar-refractivity contribution is -0.122. The molecule has 0 aromatic carbocycles. The predicted octanol–water partition coefficient (Wildman–Crippen LogP) is 6.44. The largest absolute Gasteiger partial charge is 0.390 e. The molecule has 0 aliphatic rings. The predicted molar refractivity (Wildman–Crippen MR) is 129 cm³/mol. The fourth-order valence-electron chi connectivity index (χ4n) is 3.54. The van der Waals surface area contributed by atoms with Crippen molar-refractivity contribution in [1.29, 1.82) is 0 Å². The van der Waals surface area contributed by atoms with Crippen molar-refractivity contribution in [3.63, 3.8) is 0 Å². The maximum absolute atomic E-state index is 12.1. The van der Waals surface area contributed by atoms with Gasteiger partial charge in [-0.3, -0.25) is 4.79 Å². The third-order valence-electron chi connectivity index (χ3n) is 5.85. The van der Waals surface area contributed by atoms with Gasteiger partial charge in [-0.2, -0.15) is 0 Å². The van der Waals surface area contributed by atoms with Crippen LogP contribution in [0.2, 0.25) is 0 Å². The Morgan fingerprint density at radius 3 is 1.87 bits per heavy atom. The molecule has 0 rings (SSSR count). The van der Waals surface area contributed by atoms with Gasteiger partial charge in [0.1, 0.15) is 0 Å². The van der Waals surface area contributed by atoms with Crippen molar-refractivity contribution in [1.82, 2.24) is 5.32 Å². The van der Waals surface area contributed by atoms with E-state index >= 15 is 0 Å². The molecule has 4 heteroatoms. The molecule has 178 valence electrons. The fourth-order valence-corrected chi connectivity index (χ4v) is 3.54. The first kappa shape index (κ1) is 29.1. The molecule has 0 aromatic rings. The van der Waals surface area contributed by atoms with Crippen molar-refractivity contribution in [2.45, 2.75) is 148 Å². The van der Waals surface area contributed by atoms with Crippen LogP contribution in [0.15, 0.2) is 12.2 Å². The molecule has 3 N–H and O–H groups in total. The van der Waals surface area contributed by atoms with Crippen molar-refractivity contribution in [3.8, 4) is 0 Å². The van der Waals surface area contributed by atoms with Gasteiger partial charge in [-0.25, -0.2) is 0 Å². The fraction of sp³-hybridized carbons (Fsp3) is 0.885. The van der Waals surface area contributed by atoms with Crippen LogP contribution in [-0.2, 0) is 4.79 Å². The topological polar surface area (TPSA) is 69.6 Å². The zero-order valence-corrected chi connectivity index (χ0v) is 20.4. The van der Waals surface area contributed by atoms with E-state index in [1.807, 2.05) is 6.92 Å². The van der Waals surface area contributed by atoms with Crippen LogP contribution in [0.3, 0.4) is 0 Å². The van der Waals surface area contributed by atoms with Crippen LogP contribution in [0, 0.1) is 0 Å². The molecule has 0 fully saturated rings. The Hall–Kier alpha value is -0.870. The molecule has 0 aliphatic heterocycles. The number of aliphatic hydroxyl groups is 2. The van der Waals surface area contributed by atoms with E-state index in [4.69, 9.17) is 0 Å². The van der Waals surface area contributed by atoms with E-state index in [1.165, 1.54) is 70.6 Å². The first-order valence-corrected chi connectivity index (χ1v) is 12.7. The molecule has 4 nitrogen and oxygen atoms in total. The average molecular weight is 426 g/mol. The van der Waals surface area contributed by atoms with Gasteiger partial charge in [0.2, 0.25) is 5.91 Å². The summed E-state index contributed by atoms with van der Waals surface area (Å²) in [6, 6.07) is -0.0814. The standard InChI is InChI=1S/C26H51NO3/c1-5-7-8-9-10-11-12-13-14-15-16-17-18-19-20-21-25(29)27-23(6-2)22-24(28)26(3,4)30/h13-14,23-24,28,30H,5-12,15-22H2,1-4H3,(H,27,29)/b14-13-. The number of carbonyl (C=O) groups excluding carboxylic acids is 1. The number of allylic oxidation sites excluding steroid dienone is 2. The van der Waals surface area contributed by atoms with E-state index in [9.17, 15) is 15.0 Å². The molecular formula is C26H51NO3. The first-order chi connectivity index (χ1) is 14.3. The first-order valence-electron chi connectivity index (χ1n) is 12.7. The van der Waals surface area contributed by atoms with E-state index in [-0.39, 0.29) is 11.9 Å². The second-order valence-electron chi connectivity index (χ2n) is 9.41. The van der Waals surface area contributed by atoms with Crippen molar-refractivity contribution in [2.24, 2.45) is 0 Å². The minimum Gasteiger partial charge on any atom is -0.390 e. The highest BCUT2D eigenvalue weighted by Crippen LogP contribution is 2.15. The molecule has 2 atom stereocenters. The van der Waals surface area contributed by atoms with Gasteiger partial charge in [0, 0.05) is 12.5 Å². The summed E-state index contributed by atoms with van der Waals surface area (Å²) in [5.41, 5.74) is -1.14. The highest BCUT2D eigenvalue weighted by molar-refractivity contribution is 5.76. The van der Waals surface area contributed by atoms with Gasteiger partial charge < -0.3 is 15.5 Å². The van der Waals surface area contributed by atoms with E-state index < -0.39 is 11.7 Å². The van der Waals surface area contributed by atoms with Gasteiger partial charge in [0.25, 0.3) is 0 Å². The lowest BCUT2D eigenvalue weighted by Crippen LogP contribution is -2.43. The molecular weight excluding hydrogens is 374 g/mol. The second-order valence-corrected chi connectivity index (χ2v) is 9.41. The van der Waals surface area contributed by atoms with Crippen molar-refractivity contribution < 1.29 is 15.0 Å². The number of aliphatic hydroxyl groups excluding tert-OH is 1. The third-order valence-corrected chi connectivity index (χ3v) is 5.85. The summed E-state index contributed by atoms with van der Waals surface area (Å²) in [4.78, 5) is 12.1. The third kappa shape index (κ3) is 17.9. The Balaban J connectivity index is 3.58. The lowest BCUT2D eigenvalue weighted by atomic mass is 9.94. The minimum absolute atomic E-state index is 0.0578. The maximum atomic E-state index is 12.1. The lowest BCUT2D eigenvalue weighted by Gasteiger charge is -2.28. The number of carbonyl (C=O) groups is 1. The van der Waals surface area contributed by atoms with E-state index in [2.05, 4.69) is 24.4 Å². The Bertz CT molecular complexity index is 428. The molecule has 0 saturated carbocycles. The normalized spacial score (nSPS) is 14.2. The highest BCUT2D eigenvalue weighted by atomic mass is 16.3. The van der Waals surface area contributed by atoms with Gasteiger partial charge in [0.15, 0.2) is 0 Å². The van der Waals surface area contributed by atoms with Crippen molar-refractivity contribution >= 4 is 5.91 Å². The quantitative estimate of drug-likeness (QED) is 0.155. The van der Waals surface area contributed by atoms with Gasteiger partial charge in [-0.1, -0.05) is 77.4 Å². The van der Waals surface area contributed by atoms with Crippen LogP contribution in [0.25, 0.3) is 0 Å². The molecule has 0 spiro atoms. The zero-order valence-electron chi connectivity index (χ0n) is 20.4. The number of amides is 1. The Kier molecular flexibility index (Phi) is 18.3. The molecule has 0 saturated heterocycles. The SMILES string of the molecule is CCCCCCCC/C=C\CCCCCCCC(=O)NC(CC)CC(O)C(C)(C)O. The minimum atomic E-state index is -1.14. The molecule has 0 heterocycles. The van der Waals surface area contributed by atoms with E-state index in [1.54, 1.807) is 13.8 Å². The smallest absolute Gasteiger partial charge is 0.220 e. The summed E-state index contributed by atoms with van der Waals surface area (Å²) in [6.45, 7) is 7.44. The Morgan fingerprint density at radius 1 is 0.867 bits per heavy atom. The Morgan fingerprint density at radius 2 is 1.37 bits per heavy atom. The highest BCUT2D eigenvalue weighted by Gasteiger charge is 2.27. The number of unbranched alkanes of at least 4 members (excludes halogenated alkanes) is 11. The Labute approximate surface area is 186 Å². The molecule has 0 aliphatic carbocycles. The molecule has 1 amide bonds. The van der Waals surface area contributed by atoms with Gasteiger partial charge >= 0.3 is 0 Å². The number of rotatable bonds is 20. The molecule has 0 radical (unpaired) electrons. The summed E-state index contributed by atoms with van der Waals surface area (Å²) < 4.78 is 0. The second kappa shape index (κ2) is 18.9. The van der Waals surface area contributed by atoms with Gasteiger partial charge in [-0.15, -0.1) is 0 Å². The monoisotopic (exact) mass is 425 g/mol. The summed E-state index contributed by atoms with van der Waals surface area (Å²) >= 11 is 0. The summed E-state index contributed by atoms with van der Waals surface area (Å²) in [7, 11) is 0. The van der Waals surface area contributed by atoms with E-state index in [0.29, 0.717) is 12.8 Å². The van der Waals surface area contributed by atoms with Crippen LogP contribution in [0.5, 0.6) is 0 Å². The summed E-state index contributed by atoms with van der Waals surface area (Å²) in [6.07, 6.45) is 21.8. The molecule has 30 heavy (non-hydrogen) atoms. The average Bonchev–Trinajstić information content (AvgIpc) is 2.69. The van der Waals surface area contributed by atoms with Crippen LogP contribution in [0.1, 0.15) is 130 Å². The van der Waals surface area contributed by atoms with Gasteiger partial charge in [0.05, 0.1) is 11.7 Å². The maximum Gasteiger partial charge on any atom is 0.220 e.